The summed E-state index contributed by atoms with van der Waals surface area (Å²) in [5.41, 5.74) is 1.39. The van der Waals surface area contributed by atoms with E-state index in [1.165, 1.54) is 7.11 Å². The first-order valence-electron chi connectivity index (χ1n) is 6.67. The number of rotatable bonds is 3. The van der Waals surface area contributed by atoms with Crippen LogP contribution in [0.25, 0.3) is 22.0 Å². The molecule has 0 aliphatic rings. The lowest BCUT2D eigenvalue weighted by Gasteiger charge is -2.00. The molecule has 0 aliphatic heterocycles. The van der Waals surface area contributed by atoms with E-state index in [9.17, 15) is 14.7 Å². The highest BCUT2D eigenvalue weighted by molar-refractivity contribution is 6.07. The summed E-state index contributed by atoms with van der Waals surface area (Å²) in [6.07, 6.45) is 1.61. The minimum atomic E-state index is -0.890. The maximum absolute atomic E-state index is 12.0. The van der Waals surface area contributed by atoms with Gasteiger partial charge >= 0.3 is 11.9 Å². The van der Waals surface area contributed by atoms with Gasteiger partial charge in [0.15, 0.2) is 5.75 Å². The molecule has 0 saturated carbocycles. The van der Waals surface area contributed by atoms with Crippen LogP contribution in [0.15, 0.2) is 34.9 Å². The lowest BCUT2D eigenvalue weighted by atomic mass is 10.0. The first kappa shape index (κ1) is 14.7. The van der Waals surface area contributed by atoms with E-state index in [-0.39, 0.29) is 11.3 Å². The number of esters is 2. The van der Waals surface area contributed by atoms with Crippen molar-refractivity contribution in [2.75, 3.05) is 14.2 Å². The zero-order valence-corrected chi connectivity index (χ0v) is 12.4. The molecular formula is C16H13NO6. The van der Waals surface area contributed by atoms with Crippen LogP contribution in [-0.4, -0.2) is 36.2 Å². The van der Waals surface area contributed by atoms with Crippen molar-refractivity contribution >= 4 is 22.8 Å². The van der Waals surface area contributed by atoms with Gasteiger partial charge in [0.1, 0.15) is 0 Å². The largest absolute Gasteiger partial charge is 0.504 e. The molecule has 2 heterocycles. The van der Waals surface area contributed by atoms with Gasteiger partial charge in [0.25, 0.3) is 5.76 Å². The minimum absolute atomic E-state index is 0.0784. The molecule has 3 rings (SSSR count). The zero-order chi connectivity index (χ0) is 16.6. The Morgan fingerprint density at radius 2 is 1.74 bits per heavy atom. The number of H-pyrrole nitrogens is 1. The summed E-state index contributed by atoms with van der Waals surface area (Å²) in [5.74, 6) is -2.89. The van der Waals surface area contributed by atoms with E-state index in [1.807, 2.05) is 24.3 Å². The van der Waals surface area contributed by atoms with E-state index in [2.05, 4.69) is 14.5 Å². The monoisotopic (exact) mass is 315 g/mol. The molecule has 0 spiro atoms. The Morgan fingerprint density at radius 1 is 1.09 bits per heavy atom. The maximum atomic E-state index is 12.0. The molecule has 2 aromatic heterocycles. The summed E-state index contributed by atoms with van der Waals surface area (Å²) >= 11 is 0. The Hall–Kier alpha value is -3.22. The number of carbonyl (C=O) groups excluding carboxylic acids is 2. The van der Waals surface area contributed by atoms with Gasteiger partial charge < -0.3 is 24.0 Å². The highest BCUT2D eigenvalue weighted by atomic mass is 16.6. The number of hydrogen-bond donors (Lipinski definition) is 2. The van der Waals surface area contributed by atoms with Gasteiger partial charge in [-0.2, -0.15) is 0 Å². The molecule has 0 atom stereocenters. The number of carbonyl (C=O) groups is 2. The Labute approximate surface area is 130 Å². The van der Waals surface area contributed by atoms with Gasteiger partial charge in [0, 0.05) is 22.7 Å². The third-order valence-corrected chi connectivity index (χ3v) is 3.48. The average molecular weight is 315 g/mol. The Morgan fingerprint density at radius 3 is 2.43 bits per heavy atom. The highest BCUT2D eigenvalue weighted by Gasteiger charge is 2.31. The molecule has 7 heteroatoms. The van der Waals surface area contributed by atoms with Crippen molar-refractivity contribution in [1.82, 2.24) is 4.98 Å². The Balaban J connectivity index is 2.31. The third kappa shape index (κ3) is 2.22. The molecule has 1 aromatic carbocycles. The smallest absolute Gasteiger partial charge is 0.377 e. The van der Waals surface area contributed by atoms with Gasteiger partial charge in [-0.25, -0.2) is 9.59 Å². The minimum Gasteiger partial charge on any atom is -0.504 e. The van der Waals surface area contributed by atoms with Crippen molar-refractivity contribution in [3.8, 4) is 16.9 Å². The molecule has 0 unspecified atom stereocenters. The van der Waals surface area contributed by atoms with Crippen molar-refractivity contribution in [3.05, 3.63) is 42.0 Å². The summed E-state index contributed by atoms with van der Waals surface area (Å²) in [6, 6.07) is 7.32. The first-order chi connectivity index (χ1) is 11.1. The molecular weight excluding hydrogens is 302 g/mol. The van der Waals surface area contributed by atoms with Gasteiger partial charge in [0.2, 0.25) is 5.76 Å². The van der Waals surface area contributed by atoms with Crippen LogP contribution >= 0.6 is 0 Å². The lowest BCUT2D eigenvalue weighted by molar-refractivity contribution is 0.0529. The molecule has 23 heavy (non-hydrogen) atoms. The molecule has 0 amide bonds. The van der Waals surface area contributed by atoms with E-state index < -0.39 is 23.4 Å². The summed E-state index contributed by atoms with van der Waals surface area (Å²) in [5, 5.41) is 11.1. The average Bonchev–Trinajstić information content (AvgIpc) is 3.14. The second-order valence-corrected chi connectivity index (χ2v) is 4.72. The normalized spacial score (nSPS) is 10.7. The van der Waals surface area contributed by atoms with Crippen molar-refractivity contribution in [2.45, 2.75) is 0 Å². The second-order valence-electron chi connectivity index (χ2n) is 4.72. The van der Waals surface area contributed by atoms with Gasteiger partial charge in [-0.05, 0) is 6.07 Å². The number of aromatic nitrogens is 1. The van der Waals surface area contributed by atoms with E-state index in [1.54, 1.807) is 6.20 Å². The van der Waals surface area contributed by atoms with Gasteiger partial charge in [0.05, 0.1) is 19.8 Å². The van der Waals surface area contributed by atoms with Crippen LogP contribution in [0.3, 0.4) is 0 Å². The molecule has 0 bridgehead atoms. The number of para-hydroxylation sites is 1. The van der Waals surface area contributed by atoms with Crippen LogP contribution in [0.2, 0.25) is 0 Å². The summed E-state index contributed by atoms with van der Waals surface area (Å²) in [4.78, 5) is 26.7. The number of ether oxygens (including phenoxy) is 2. The molecule has 2 N–H and O–H groups in total. The van der Waals surface area contributed by atoms with E-state index in [4.69, 9.17) is 4.42 Å². The van der Waals surface area contributed by atoms with E-state index >= 15 is 0 Å². The molecule has 0 saturated heterocycles. The van der Waals surface area contributed by atoms with Crippen LogP contribution in [0.1, 0.15) is 21.1 Å². The van der Waals surface area contributed by atoms with Crippen LogP contribution < -0.4 is 0 Å². The number of aromatic amines is 1. The first-order valence-corrected chi connectivity index (χ1v) is 6.67. The number of furan rings is 1. The molecule has 0 aliphatic carbocycles. The summed E-state index contributed by atoms with van der Waals surface area (Å²) < 4.78 is 14.4. The van der Waals surface area contributed by atoms with Crippen molar-refractivity contribution < 1.29 is 28.6 Å². The van der Waals surface area contributed by atoms with E-state index in [0.29, 0.717) is 5.56 Å². The van der Waals surface area contributed by atoms with Crippen LogP contribution in [0.4, 0.5) is 0 Å². The van der Waals surface area contributed by atoms with Crippen LogP contribution in [0, 0.1) is 0 Å². The van der Waals surface area contributed by atoms with Crippen LogP contribution in [0.5, 0.6) is 5.75 Å². The number of aromatic hydroxyl groups is 1. The summed E-state index contributed by atoms with van der Waals surface area (Å²) in [6.45, 7) is 0. The standard InChI is InChI=1S/C16H13NO6/c1-21-15(19)13-11(12(18)14(23-13)16(20)22-2)9-7-17-10-6-4-3-5-8(9)10/h3-7,17-18H,1-2H3. The number of nitrogens with one attached hydrogen (secondary N) is 1. The fourth-order valence-electron chi connectivity index (χ4n) is 2.42. The number of benzene rings is 1. The second kappa shape index (κ2) is 5.53. The quantitative estimate of drug-likeness (QED) is 0.721. The Kier molecular flexibility index (Phi) is 3.53. The van der Waals surface area contributed by atoms with Crippen molar-refractivity contribution in [2.24, 2.45) is 0 Å². The van der Waals surface area contributed by atoms with Crippen molar-refractivity contribution in [1.29, 1.82) is 0 Å². The van der Waals surface area contributed by atoms with Crippen LogP contribution in [-0.2, 0) is 9.47 Å². The predicted octanol–water partition coefficient (Wildman–Crippen LogP) is 2.71. The number of fused-ring (bicyclic) bond motifs is 1. The fraction of sp³-hybridized carbons (Fsp3) is 0.125. The fourth-order valence-corrected chi connectivity index (χ4v) is 2.42. The number of hydrogen-bond acceptors (Lipinski definition) is 6. The molecule has 0 fully saturated rings. The topological polar surface area (TPSA) is 102 Å². The maximum Gasteiger partial charge on any atom is 0.377 e. The van der Waals surface area contributed by atoms with E-state index in [0.717, 1.165) is 18.0 Å². The third-order valence-electron chi connectivity index (χ3n) is 3.48. The lowest BCUT2D eigenvalue weighted by Crippen LogP contribution is -2.01. The molecule has 3 aromatic rings. The predicted molar refractivity (Wildman–Crippen MR) is 80.3 cm³/mol. The van der Waals surface area contributed by atoms with Gasteiger partial charge in [-0.15, -0.1) is 0 Å². The summed E-state index contributed by atoms with van der Waals surface area (Å²) in [7, 11) is 2.33. The zero-order valence-electron chi connectivity index (χ0n) is 12.4. The highest BCUT2D eigenvalue weighted by Crippen LogP contribution is 2.41. The number of methoxy groups -OCH3 is 2. The SMILES string of the molecule is COC(=O)c1oc(C(=O)OC)c(-c2c[nH]c3ccccc23)c1O. The molecule has 7 nitrogen and oxygen atoms in total. The van der Waals surface area contributed by atoms with Crippen molar-refractivity contribution in [3.63, 3.8) is 0 Å². The molecule has 0 radical (unpaired) electrons. The van der Waals surface area contributed by atoms with Gasteiger partial charge in [-0.1, -0.05) is 18.2 Å². The molecule has 118 valence electrons. The van der Waals surface area contributed by atoms with Gasteiger partial charge in [-0.3, -0.25) is 0 Å². The Bertz CT molecular complexity index is 905.